The number of hydrogen-bond donors (Lipinski definition) is 0. The number of nitrogens with zero attached hydrogens (tertiary/aromatic N) is 2. The Kier molecular flexibility index (Phi) is 2.75. The maximum atomic E-state index is 10.7. The predicted octanol–water partition coefficient (Wildman–Crippen LogP) is 2.99. The summed E-state index contributed by atoms with van der Waals surface area (Å²) in [6.07, 6.45) is 2.24. The van der Waals surface area contributed by atoms with E-state index in [4.69, 9.17) is 23.2 Å². The molecule has 0 N–H and O–H groups in total. The third-order valence-corrected chi connectivity index (χ3v) is 2.48. The molecule has 15 heavy (non-hydrogen) atoms. The maximum absolute atomic E-state index is 10.7. The molecule has 3 nitrogen and oxygen atoms in total. The molecule has 0 aliphatic rings. The van der Waals surface area contributed by atoms with Crippen LogP contribution in [0.25, 0.3) is 5.69 Å². The number of benzene rings is 1. The summed E-state index contributed by atoms with van der Waals surface area (Å²) < 4.78 is 1.45. The second-order valence-corrected chi connectivity index (χ2v) is 3.73. The molecule has 1 aromatic carbocycles. The number of halogens is 2. The predicted molar refractivity (Wildman–Crippen MR) is 59.0 cm³/mol. The van der Waals surface area contributed by atoms with Gasteiger partial charge < -0.3 is 0 Å². The van der Waals surface area contributed by atoms with Gasteiger partial charge in [0.1, 0.15) is 5.69 Å². The van der Waals surface area contributed by atoms with Crippen molar-refractivity contribution in [2.24, 2.45) is 0 Å². The summed E-state index contributed by atoms with van der Waals surface area (Å²) in [6, 6.07) is 6.60. The van der Waals surface area contributed by atoms with E-state index in [2.05, 4.69) is 5.10 Å². The lowest BCUT2D eigenvalue weighted by Gasteiger charge is -2.06. The molecule has 0 radical (unpaired) electrons. The van der Waals surface area contributed by atoms with Crippen molar-refractivity contribution in [3.05, 3.63) is 46.2 Å². The molecule has 0 aliphatic heterocycles. The van der Waals surface area contributed by atoms with E-state index in [0.717, 1.165) is 0 Å². The minimum atomic E-state index is 0.430. The third-order valence-electron chi connectivity index (χ3n) is 1.93. The lowest BCUT2D eigenvalue weighted by molar-refractivity contribution is 0.111. The SMILES string of the molecule is O=Cc1ccnn1-c1cc(Cl)ccc1Cl. The molecule has 0 saturated heterocycles. The first kappa shape index (κ1) is 10.2. The molecule has 0 atom stereocenters. The highest BCUT2D eigenvalue weighted by molar-refractivity contribution is 6.34. The van der Waals surface area contributed by atoms with Gasteiger partial charge in [0.15, 0.2) is 6.29 Å². The van der Waals surface area contributed by atoms with E-state index in [1.165, 1.54) is 10.9 Å². The van der Waals surface area contributed by atoms with Crippen LogP contribution in [0.2, 0.25) is 10.0 Å². The van der Waals surface area contributed by atoms with Crippen molar-refractivity contribution < 1.29 is 4.79 Å². The first-order valence-corrected chi connectivity index (χ1v) is 4.92. The van der Waals surface area contributed by atoms with Crippen molar-refractivity contribution in [1.29, 1.82) is 0 Å². The van der Waals surface area contributed by atoms with Crippen LogP contribution in [0.5, 0.6) is 0 Å². The van der Waals surface area contributed by atoms with E-state index in [1.54, 1.807) is 24.3 Å². The summed E-state index contributed by atoms with van der Waals surface area (Å²) in [6.45, 7) is 0. The molecule has 0 unspecified atom stereocenters. The average molecular weight is 241 g/mol. The van der Waals surface area contributed by atoms with Crippen LogP contribution in [0.15, 0.2) is 30.5 Å². The summed E-state index contributed by atoms with van der Waals surface area (Å²) in [7, 11) is 0. The van der Waals surface area contributed by atoms with Crippen LogP contribution in [0.3, 0.4) is 0 Å². The smallest absolute Gasteiger partial charge is 0.168 e. The van der Waals surface area contributed by atoms with Crippen molar-refractivity contribution in [2.75, 3.05) is 0 Å². The zero-order valence-electron chi connectivity index (χ0n) is 7.52. The summed E-state index contributed by atoms with van der Waals surface area (Å²) in [5.74, 6) is 0. The van der Waals surface area contributed by atoms with Crippen molar-refractivity contribution >= 4 is 29.5 Å². The Morgan fingerprint density at radius 1 is 1.27 bits per heavy atom. The van der Waals surface area contributed by atoms with Gasteiger partial charge in [-0.25, -0.2) is 4.68 Å². The van der Waals surface area contributed by atoms with Crippen LogP contribution in [-0.4, -0.2) is 16.1 Å². The van der Waals surface area contributed by atoms with Crippen molar-refractivity contribution in [1.82, 2.24) is 9.78 Å². The quantitative estimate of drug-likeness (QED) is 0.757. The molecular formula is C10H6Cl2N2O. The van der Waals surface area contributed by atoms with Crippen molar-refractivity contribution in [2.45, 2.75) is 0 Å². The van der Waals surface area contributed by atoms with E-state index in [1.807, 2.05) is 0 Å². The highest BCUT2D eigenvalue weighted by Crippen LogP contribution is 2.24. The summed E-state index contributed by atoms with van der Waals surface area (Å²) >= 11 is 11.8. The van der Waals surface area contributed by atoms with Crippen molar-refractivity contribution in [3.63, 3.8) is 0 Å². The fourth-order valence-corrected chi connectivity index (χ4v) is 1.62. The first-order chi connectivity index (χ1) is 7.22. The molecule has 2 aromatic rings. The summed E-state index contributed by atoms with van der Waals surface area (Å²) in [5, 5.41) is 5.04. The lowest BCUT2D eigenvalue weighted by Crippen LogP contribution is -2.01. The Morgan fingerprint density at radius 3 is 2.80 bits per heavy atom. The number of rotatable bonds is 2. The Labute approximate surface area is 96.2 Å². The topological polar surface area (TPSA) is 34.9 Å². The van der Waals surface area contributed by atoms with Gasteiger partial charge in [-0.15, -0.1) is 0 Å². The zero-order valence-corrected chi connectivity index (χ0v) is 9.03. The highest BCUT2D eigenvalue weighted by atomic mass is 35.5. The number of aldehydes is 1. The average Bonchev–Trinajstić information content (AvgIpc) is 2.69. The second kappa shape index (κ2) is 4.04. The molecule has 0 fully saturated rings. The molecule has 2 rings (SSSR count). The molecule has 1 aromatic heterocycles. The lowest BCUT2D eigenvalue weighted by atomic mass is 10.3. The zero-order chi connectivity index (χ0) is 10.8. The number of carbonyl (C=O) groups excluding carboxylic acids is 1. The standard InChI is InChI=1S/C10H6Cl2N2O/c11-7-1-2-9(12)10(5-7)14-8(6-15)3-4-13-14/h1-6H. The molecule has 5 heteroatoms. The van der Waals surface area contributed by atoms with Gasteiger partial charge in [0.05, 0.1) is 16.9 Å². The number of hydrogen-bond acceptors (Lipinski definition) is 2. The van der Waals surface area contributed by atoms with Crippen LogP contribution in [0.1, 0.15) is 10.5 Å². The molecular weight excluding hydrogens is 235 g/mol. The molecule has 0 saturated carbocycles. The molecule has 0 spiro atoms. The Bertz CT molecular complexity index is 508. The Morgan fingerprint density at radius 2 is 2.07 bits per heavy atom. The van der Waals surface area contributed by atoms with Crippen LogP contribution in [0.4, 0.5) is 0 Å². The highest BCUT2D eigenvalue weighted by Gasteiger charge is 2.08. The van der Waals surface area contributed by atoms with Crippen LogP contribution >= 0.6 is 23.2 Å². The third kappa shape index (κ3) is 1.89. The fourth-order valence-electron chi connectivity index (χ4n) is 1.25. The van der Waals surface area contributed by atoms with Gasteiger partial charge in [-0.1, -0.05) is 23.2 Å². The minimum absolute atomic E-state index is 0.430. The molecule has 0 bridgehead atoms. The fraction of sp³-hybridized carbons (Fsp3) is 0. The Hall–Kier alpha value is -1.32. The summed E-state index contributed by atoms with van der Waals surface area (Å²) in [4.78, 5) is 10.7. The van der Waals surface area contributed by atoms with Gasteiger partial charge >= 0.3 is 0 Å². The van der Waals surface area contributed by atoms with E-state index < -0.39 is 0 Å². The van der Waals surface area contributed by atoms with Gasteiger partial charge in [0.2, 0.25) is 0 Å². The van der Waals surface area contributed by atoms with Crippen LogP contribution in [-0.2, 0) is 0 Å². The van der Waals surface area contributed by atoms with E-state index in [0.29, 0.717) is 27.7 Å². The van der Waals surface area contributed by atoms with E-state index >= 15 is 0 Å². The van der Waals surface area contributed by atoms with Gasteiger partial charge in [0, 0.05) is 5.02 Å². The van der Waals surface area contributed by atoms with Crippen LogP contribution < -0.4 is 0 Å². The molecule has 76 valence electrons. The van der Waals surface area contributed by atoms with Gasteiger partial charge in [-0.05, 0) is 24.3 Å². The van der Waals surface area contributed by atoms with Gasteiger partial charge in [-0.3, -0.25) is 4.79 Å². The Balaban J connectivity index is 2.62. The van der Waals surface area contributed by atoms with Crippen molar-refractivity contribution in [3.8, 4) is 5.69 Å². The second-order valence-electron chi connectivity index (χ2n) is 2.88. The van der Waals surface area contributed by atoms with E-state index in [-0.39, 0.29) is 0 Å². The maximum Gasteiger partial charge on any atom is 0.168 e. The van der Waals surface area contributed by atoms with Gasteiger partial charge in [-0.2, -0.15) is 5.10 Å². The molecule has 0 aliphatic carbocycles. The molecule has 1 heterocycles. The minimum Gasteiger partial charge on any atom is -0.296 e. The molecule has 0 amide bonds. The number of carbonyl (C=O) groups is 1. The van der Waals surface area contributed by atoms with Gasteiger partial charge in [0.25, 0.3) is 0 Å². The summed E-state index contributed by atoms with van der Waals surface area (Å²) in [5.41, 5.74) is 1.02. The van der Waals surface area contributed by atoms with Crippen LogP contribution in [0, 0.1) is 0 Å². The van der Waals surface area contributed by atoms with E-state index in [9.17, 15) is 4.79 Å². The first-order valence-electron chi connectivity index (χ1n) is 4.17. The normalized spacial score (nSPS) is 10.3. The monoisotopic (exact) mass is 240 g/mol. The largest absolute Gasteiger partial charge is 0.296 e. The number of aromatic nitrogens is 2.